The molecule has 0 aliphatic carbocycles. The molecular weight excluding hydrogens is 250 g/mol. The molecule has 0 spiro atoms. The van der Waals surface area contributed by atoms with Crippen LogP contribution in [0.1, 0.15) is 20.8 Å². The van der Waals surface area contributed by atoms with Gasteiger partial charge in [0.25, 0.3) is 0 Å². The number of hydrogen-bond acceptors (Lipinski definition) is 5. The van der Waals surface area contributed by atoms with Crippen LogP contribution in [0.25, 0.3) is 10.9 Å². The van der Waals surface area contributed by atoms with Gasteiger partial charge in [0.15, 0.2) is 5.15 Å². The first-order chi connectivity index (χ1) is 8.37. The highest BCUT2D eigenvalue weighted by atomic mass is 35.5. The molecule has 0 amide bonds. The Balaban J connectivity index is 2.45. The average Bonchev–Trinajstić information content (AvgIpc) is 2.25. The molecule has 5 nitrogen and oxygen atoms in total. The fourth-order valence-electron chi connectivity index (χ4n) is 1.53. The zero-order valence-electron chi connectivity index (χ0n) is 10.7. The van der Waals surface area contributed by atoms with Crippen molar-refractivity contribution in [3.63, 3.8) is 0 Å². The number of rotatable bonds is 2. The maximum absolute atomic E-state index is 6.02. The van der Waals surface area contributed by atoms with Crippen molar-refractivity contribution in [3.05, 3.63) is 17.5 Å². The van der Waals surface area contributed by atoms with Crippen molar-refractivity contribution in [2.75, 3.05) is 17.6 Å². The highest BCUT2D eigenvalue weighted by Crippen LogP contribution is 2.26. The van der Waals surface area contributed by atoms with E-state index in [1.54, 1.807) is 6.07 Å². The minimum atomic E-state index is 0.152. The first-order valence-electron chi connectivity index (χ1n) is 5.67. The number of fused-ring (bicyclic) bond motifs is 1. The zero-order chi connectivity index (χ0) is 13.3. The van der Waals surface area contributed by atoms with E-state index in [2.05, 4.69) is 41.0 Å². The molecule has 3 N–H and O–H groups in total. The van der Waals surface area contributed by atoms with Crippen LogP contribution in [-0.2, 0) is 0 Å². The summed E-state index contributed by atoms with van der Waals surface area (Å²) in [7, 11) is 0. The molecular formula is C12H16ClN5. The lowest BCUT2D eigenvalue weighted by atomic mass is 9.97. The molecule has 2 aromatic heterocycles. The number of nitrogens with zero attached hydrogens (tertiary/aromatic N) is 3. The van der Waals surface area contributed by atoms with Gasteiger partial charge in [0.2, 0.25) is 0 Å². The van der Waals surface area contributed by atoms with Gasteiger partial charge < -0.3 is 11.1 Å². The Morgan fingerprint density at radius 1 is 1.33 bits per heavy atom. The van der Waals surface area contributed by atoms with Gasteiger partial charge in [0, 0.05) is 11.9 Å². The Bertz CT molecular complexity index is 576. The Labute approximate surface area is 111 Å². The first kappa shape index (κ1) is 12.8. The summed E-state index contributed by atoms with van der Waals surface area (Å²) in [6.45, 7) is 7.23. The van der Waals surface area contributed by atoms with Crippen LogP contribution in [0.15, 0.2) is 12.4 Å². The predicted molar refractivity (Wildman–Crippen MR) is 74.7 cm³/mol. The van der Waals surface area contributed by atoms with Gasteiger partial charge in [0.05, 0.1) is 0 Å². The molecule has 2 heterocycles. The van der Waals surface area contributed by atoms with Gasteiger partial charge in [-0.25, -0.2) is 15.0 Å². The quantitative estimate of drug-likeness (QED) is 0.817. The SMILES string of the molecule is CC(C)(C)CNc1ncnc2c(Cl)nc(N)cc12. The smallest absolute Gasteiger partial charge is 0.157 e. The lowest BCUT2D eigenvalue weighted by molar-refractivity contribution is 0.442. The summed E-state index contributed by atoms with van der Waals surface area (Å²) in [5.74, 6) is 1.09. The van der Waals surface area contributed by atoms with E-state index in [4.69, 9.17) is 17.3 Å². The molecule has 0 bridgehead atoms. The minimum absolute atomic E-state index is 0.152. The van der Waals surface area contributed by atoms with E-state index in [9.17, 15) is 0 Å². The summed E-state index contributed by atoms with van der Waals surface area (Å²) in [5.41, 5.74) is 6.46. The monoisotopic (exact) mass is 265 g/mol. The first-order valence-corrected chi connectivity index (χ1v) is 6.05. The number of aromatic nitrogens is 3. The second-order valence-electron chi connectivity index (χ2n) is 5.37. The Morgan fingerprint density at radius 2 is 2.06 bits per heavy atom. The van der Waals surface area contributed by atoms with Crippen LogP contribution in [0.2, 0.25) is 5.15 Å². The summed E-state index contributed by atoms with van der Waals surface area (Å²) < 4.78 is 0. The van der Waals surface area contributed by atoms with Gasteiger partial charge in [-0.05, 0) is 11.5 Å². The van der Waals surface area contributed by atoms with Gasteiger partial charge in [-0.15, -0.1) is 0 Å². The molecule has 0 aliphatic rings. The Morgan fingerprint density at radius 3 is 2.72 bits per heavy atom. The van der Waals surface area contributed by atoms with E-state index >= 15 is 0 Å². The number of nitrogens with one attached hydrogen (secondary N) is 1. The van der Waals surface area contributed by atoms with Crippen molar-refractivity contribution in [2.24, 2.45) is 5.41 Å². The fraction of sp³-hybridized carbons (Fsp3) is 0.417. The molecule has 0 saturated carbocycles. The molecule has 0 radical (unpaired) electrons. The van der Waals surface area contributed by atoms with Crippen molar-refractivity contribution in [3.8, 4) is 0 Å². The third kappa shape index (κ3) is 2.79. The van der Waals surface area contributed by atoms with Gasteiger partial charge in [-0.1, -0.05) is 32.4 Å². The van der Waals surface area contributed by atoms with Crippen LogP contribution in [0, 0.1) is 5.41 Å². The van der Waals surface area contributed by atoms with Crippen LogP contribution < -0.4 is 11.1 Å². The molecule has 0 unspecified atom stereocenters. The summed E-state index contributed by atoms with van der Waals surface area (Å²) in [6.07, 6.45) is 1.47. The predicted octanol–water partition coefficient (Wildman–Crippen LogP) is 2.72. The summed E-state index contributed by atoms with van der Waals surface area (Å²) in [4.78, 5) is 12.3. The zero-order valence-corrected chi connectivity index (χ0v) is 11.4. The van der Waals surface area contributed by atoms with E-state index in [1.807, 2.05) is 0 Å². The van der Waals surface area contributed by atoms with Crippen LogP contribution >= 0.6 is 11.6 Å². The number of nitrogen functional groups attached to an aromatic ring is 1. The molecule has 2 aromatic rings. The average molecular weight is 266 g/mol. The highest BCUT2D eigenvalue weighted by Gasteiger charge is 2.13. The van der Waals surface area contributed by atoms with Crippen LogP contribution in [0.4, 0.5) is 11.6 Å². The lowest BCUT2D eigenvalue weighted by Crippen LogP contribution is -2.19. The van der Waals surface area contributed by atoms with Crippen molar-refractivity contribution in [1.82, 2.24) is 15.0 Å². The molecule has 0 fully saturated rings. The van der Waals surface area contributed by atoms with Crippen molar-refractivity contribution in [1.29, 1.82) is 0 Å². The van der Waals surface area contributed by atoms with Gasteiger partial charge in [0.1, 0.15) is 23.5 Å². The van der Waals surface area contributed by atoms with Crippen LogP contribution in [0.3, 0.4) is 0 Å². The maximum Gasteiger partial charge on any atom is 0.157 e. The minimum Gasteiger partial charge on any atom is -0.384 e. The van der Waals surface area contributed by atoms with E-state index in [0.717, 1.165) is 17.7 Å². The molecule has 0 saturated heterocycles. The molecule has 96 valence electrons. The lowest BCUT2D eigenvalue weighted by Gasteiger charge is -2.19. The highest BCUT2D eigenvalue weighted by molar-refractivity contribution is 6.34. The largest absolute Gasteiger partial charge is 0.384 e. The van der Waals surface area contributed by atoms with Crippen molar-refractivity contribution >= 4 is 34.1 Å². The number of pyridine rings is 1. The number of nitrogens with two attached hydrogens (primary N) is 1. The second-order valence-corrected chi connectivity index (χ2v) is 5.73. The third-order valence-corrected chi connectivity index (χ3v) is 2.65. The molecule has 6 heteroatoms. The third-order valence-electron chi connectivity index (χ3n) is 2.38. The molecule has 18 heavy (non-hydrogen) atoms. The van der Waals surface area contributed by atoms with Gasteiger partial charge in [-0.3, -0.25) is 0 Å². The van der Waals surface area contributed by atoms with Gasteiger partial charge >= 0.3 is 0 Å². The van der Waals surface area contributed by atoms with E-state index in [-0.39, 0.29) is 5.41 Å². The molecule has 0 atom stereocenters. The van der Waals surface area contributed by atoms with E-state index < -0.39 is 0 Å². The molecule has 2 rings (SSSR count). The maximum atomic E-state index is 6.02. The van der Waals surface area contributed by atoms with Gasteiger partial charge in [-0.2, -0.15) is 0 Å². The van der Waals surface area contributed by atoms with E-state index in [0.29, 0.717) is 16.5 Å². The standard InChI is InChI=1S/C12H16ClN5/c1-12(2,3)5-15-11-7-4-8(14)18-10(13)9(7)16-6-17-11/h4,6H,5H2,1-3H3,(H2,14,18)(H,15,16,17). The van der Waals surface area contributed by atoms with Crippen LogP contribution in [0.5, 0.6) is 0 Å². The molecule has 0 aliphatic heterocycles. The fourth-order valence-corrected chi connectivity index (χ4v) is 1.78. The van der Waals surface area contributed by atoms with Crippen molar-refractivity contribution < 1.29 is 0 Å². The number of hydrogen-bond donors (Lipinski definition) is 2. The van der Waals surface area contributed by atoms with Crippen LogP contribution in [-0.4, -0.2) is 21.5 Å². The second kappa shape index (κ2) is 4.57. The normalized spacial score (nSPS) is 11.8. The number of halogens is 1. The Hall–Kier alpha value is -1.62. The summed E-state index contributed by atoms with van der Waals surface area (Å²) in [6, 6.07) is 1.73. The van der Waals surface area contributed by atoms with Crippen molar-refractivity contribution in [2.45, 2.75) is 20.8 Å². The van der Waals surface area contributed by atoms with E-state index in [1.165, 1.54) is 6.33 Å². The topological polar surface area (TPSA) is 76.7 Å². The Kier molecular flexibility index (Phi) is 3.26. The molecule has 0 aromatic carbocycles. The summed E-state index contributed by atoms with van der Waals surface area (Å²) >= 11 is 6.02. The summed E-state index contributed by atoms with van der Waals surface area (Å²) in [5, 5.41) is 4.38. The number of anilines is 2.